The summed E-state index contributed by atoms with van der Waals surface area (Å²) < 4.78 is 15.7. The standard InChI is InChI=1S/C19H16FN3S/c1-13-6-8-16(9-7-13)24-19-18(22)10-15(11-21)23(19)12-14-4-2-3-5-17(14)20/h2-10H,12,22H2,1H3. The van der Waals surface area contributed by atoms with Crippen LogP contribution < -0.4 is 5.73 Å². The second kappa shape index (κ2) is 6.81. The van der Waals surface area contributed by atoms with Gasteiger partial charge in [-0.15, -0.1) is 0 Å². The lowest BCUT2D eigenvalue weighted by molar-refractivity contribution is 0.592. The first-order chi connectivity index (χ1) is 11.6. The van der Waals surface area contributed by atoms with Crippen molar-refractivity contribution in [2.24, 2.45) is 0 Å². The molecule has 5 heteroatoms. The average Bonchev–Trinajstić information content (AvgIpc) is 2.87. The summed E-state index contributed by atoms with van der Waals surface area (Å²) in [4.78, 5) is 1.02. The van der Waals surface area contributed by atoms with Crippen molar-refractivity contribution in [3.8, 4) is 6.07 Å². The fourth-order valence-corrected chi connectivity index (χ4v) is 3.38. The molecule has 24 heavy (non-hydrogen) atoms. The monoisotopic (exact) mass is 337 g/mol. The minimum absolute atomic E-state index is 0.265. The molecular formula is C19H16FN3S. The first-order valence-electron chi connectivity index (χ1n) is 7.45. The summed E-state index contributed by atoms with van der Waals surface area (Å²) in [5.41, 5.74) is 8.74. The van der Waals surface area contributed by atoms with E-state index >= 15 is 0 Å². The second-order valence-electron chi connectivity index (χ2n) is 5.49. The van der Waals surface area contributed by atoms with Gasteiger partial charge in [0.1, 0.15) is 22.6 Å². The van der Waals surface area contributed by atoms with Crippen molar-refractivity contribution in [1.82, 2.24) is 4.57 Å². The van der Waals surface area contributed by atoms with Crippen LogP contribution in [0.25, 0.3) is 0 Å². The van der Waals surface area contributed by atoms with Crippen molar-refractivity contribution in [2.45, 2.75) is 23.4 Å². The van der Waals surface area contributed by atoms with Crippen LogP contribution in [-0.4, -0.2) is 4.57 Å². The summed E-state index contributed by atoms with van der Waals surface area (Å²) in [7, 11) is 0. The van der Waals surface area contributed by atoms with Crippen LogP contribution in [0.2, 0.25) is 0 Å². The van der Waals surface area contributed by atoms with Gasteiger partial charge in [-0.1, -0.05) is 47.7 Å². The van der Waals surface area contributed by atoms with Crippen molar-refractivity contribution < 1.29 is 4.39 Å². The molecule has 0 aliphatic heterocycles. The maximum Gasteiger partial charge on any atom is 0.128 e. The van der Waals surface area contributed by atoms with Gasteiger partial charge in [0.2, 0.25) is 0 Å². The van der Waals surface area contributed by atoms with E-state index in [1.165, 1.54) is 23.4 Å². The number of halogens is 1. The van der Waals surface area contributed by atoms with Gasteiger partial charge in [0.05, 0.1) is 12.2 Å². The highest BCUT2D eigenvalue weighted by atomic mass is 32.2. The third-order valence-corrected chi connectivity index (χ3v) is 4.87. The van der Waals surface area contributed by atoms with Crippen LogP contribution in [0, 0.1) is 24.1 Å². The number of hydrogen-bond acceptors (Lipinski definition) is 3. The Labute approximate surface area is 144 Å². The lowest BCUT2D eigenvalue weighted by Gasteiger charge is -2.12. The lowest BCUT2D eigenvalue weighted by Crippen LogP contribution is -2.06. The summed E-state index contributed by atoms with van der Waals surface area (Å²) >= 11 is 1.48. The van der Waals surface area contributed by atoms with Crippen LogP contribution in [0.5, 0.6) is 0 Å². The second-order valence-corrected chi connectivity index (χ2v) is 6.56. The molecule has 2 N–H and O–H groups in total. The summed E-state index contributed by atoms with van der Waals surface area (Å²) in [5, 5.41) is 10.1. The Morgan fingerprint density at radius 1 is 1.17 bits per heavy atom. The third-order valence-electron chi connectivity index (χ3n) is 3.71. The molecule has 3 aromatic rings. The average molecular weight is 337 g/mol. The Bertz CT molecular complexity index is 907. The van der Waals surface area contributed by atoms with Crippen molar-refractivity contribution in [1.29, 1.82) is 5.26 Å². The van der Waals surface area contributed by atoms with Gasteiger partial charge in [-0.05, 0) is 31.2 Å². The molecule has 0 aliphatic rings. The molecule has 1 heterocycles. The number of aromatic nitrogens is 1. The normalized spacial score (nSPS) is 10.5. The topological polar surface area (TPSA) is 54.7 Å². The van der Waals surface area contributed by atoms with E-state index in [-0.39, 0.29) is 12.4 Å². The molecule has 120 valence electrons. The van der Waals surface area contributed by atoms with Gasteiger partial charge in [-0.3, -0.25) is 0 Å². The number of nitrogens with zero attached hydrogens (tertiary/aromatic N) is 2. The van der Waals surface area contributed by atoms with E-state index in [9.17, 15) is 9.65 Å². The summed E-state index contributed by atoms with van der Waals surface area (Å²) in [6.45, 7) is 2.29. The maximum absolute atomic E-state index is 14.0. The highest BCUT2D eigenvalue weighted by molar-refractivity contribution is 7.99. The number of benzene rings is 2. The molecule has 0 saturated heterocycles. The van der Waals surface area contributed by atoms with E-state index < -0.39 is 0 Å². The van der Waals surface area contributed by atoms with Crippen LogP contribution in [0.3, 0.4) is 0 Å². The van der Waals surface area contributed by atoms with Crippen LogP contribution in [0.4, 0.5) is 10.1 Å². The SMILES string of the molecule is Cc1ccc(Sc2c(N)cc(C#N)n2Cc2ccccc2F)cc1. The maximum atomic E-state index is 14.0. The van der Waals surface area contributed by atoms with Gasteiger partial charge < -0.3 is 10.3 Å². The predicted octanol–water partition coefficient (Wildman–Crippen LogP) is 4.59. The molecule has 3 nitrogen and oxygen atoms in total. The molecule has 0 aliphatic carbocycles. The Morgan fingerprint density at radius 2 is 1.88 bits per heavy atom. The fraction of sp³-hybridized carbons (Fsp3) is 0.105. The smallest absolute Gasteiger partial charge is 0.128 e. The molecule has 0 atom stereocenters. The predicted molar refractivity (Wildman–Crippen MR) is 94.4 cm³/mol. The third kappa shape index (κ3) is 3.29. The quantitative estimate of drug-likeness (QED) is 0.757. The molecule has 3 rings (SSSR count). The van der Waals surface area contributed by atoms with Crippen LogP contribution in [0.15, 0.2) is 64.5 Å². The zero-order valence-electron chi connectivity index (χ0n) is 13.2. The Morgan fingerprint density at radius 3 is 2.54 bits per heavy atom. The van der Waals surface area contributed by atoms with Gasteiger partial charge in [0.25, 0.3) is 0 Å². The minimum Gasteiger partial charge on any atom is -0.397 e. The van der Waals surface area contributed by atoms with E-state index in [1.807, 2.05) is 31.2 Å². The van der Waals surface area contributed by atoms with Crippen molar-refractivity contribution in [3.63, 3.8) is 0 Å². The largest absolute Gasteiger partial charge is 0.397 e. The summed E-state index contributed by atoms with van der Waals surface area (Å²) in [6, 6.07) is 18.4. The molecule has 0 saturated carbocycles. The van der Waals surface area contributed by atoms with Crippen LogP contribution >= 0.6 is 11.8 Å². The van der Waals surface area contributed by atoms with Gasteiger partial charge in [-0.25, -0.2) is 4.39 Å². The molecule has 0 spiro atoms. The first kappa shape index (κ1) is 16.2. The first-order valence-corrected chi connectivity index (χ1v) is 8.27. The molecule has 0 unspecified atom stereocenters. The molecular weight excluding hydrogens is 321 g/mol. The number of anilines is 1. The number of nitrogens with two attached hydrogens (primary N) is 1. The molecule has 0 fully saturated rings. The highest BCUT2D eigenvalue weighted by Gasteiger charge is 2.16. The van der Waals surface area contributed by atoms with Gasteiger partial charge in [0, 0.05) is 10.5 Å². The zero-order valence-corrected chi connectivity index (χ0v) is 14.0. The number of nitrogen functional groups attached to an aromatic ring is 1. The van der Waals surface area contributed by atoms with E-state index in [4.69, 9.17) is 5.73 Å². The Kier molecular flexibility index (Phi) is 4.59. The molecule has 2 aromatic carbocycles. The number of hydrogen-bond donors (Lipinski definition) is 1. The lowest BCUT2D eigenvalue weighted by atomic mass is 10.2. The van der Waals surface area contributed by atoms with Crippen molar-refractivity contribution in [3.05, 3.63) is 77.2 Å². The van der Waals surface area contributed by atoms with E-state index in [0.29, 0.717) is 16.9 Å². The van der Waals surface area contributed by atoms with E-state index in [0.717, 1.165) is 9.92 Å². The number of nitriles is 1. The summed E-state index contributed by atoms with van der Waals surface area (Å²) in [5.74, 6) is -0.292. The Hall–Kier alpha value is -2.71. The Balaban J connectivity index is 2.00. The highest BCUT2D eigenvalue weighted by Crippen LogP contribution is 2.35. The molecule has 0 radical (unpaired) electrons. The fourth-order valence-electron chi connectivity index (χ4n) is 2.43. The van der Waals surface area contributed by atoms with Crippen molar-refractivity contribution >= 4 is 17.4 Å². The summed E-state index contributed by atoms with van der Waals surface area (Å²) in [6.07, 6.45) is 0. The number of rotatable bonds is 4. The zero-order chi connectivity index (χ0) is 17.1. The minimum atomic E-state index is -0.292. The van der Waals surface area contributed by atoms with Crippen molar-refractivity contribution in [2.75, 3.05) is 5.73 Å². The van der Waals surface area contributed by atoms with Gasteiger partial charge >= 0.3 is 0 Å². The van der Waals surface area contributed by atoms with E-state index in [2.05, 4.69) is 6.07 Å². The van der Waals surface area contributed by atoms with Gasteiger partial charge in [-0.2, -0.15) is 5.26 Å². The van der Waals surface area contributed by atoms with E-state index in [1.54, 1.807) is 28.8 Å². The van der Waals surface area contributed by atoms with Crippen LogP contribution in [-0.2, 0) is 6.54 Å². The molecule has 0 amide bonds. The van der Waals surface area contributed by atoms with Gasteiger partial charge in [0.15, 0.2) is 0 Å². The number of aryl methyl sites for hydroxylation is 1. The molecule has 0 bridgehead atoms. The van der Waals surface area contributed by atoms with Crippen LogP contribution in [0.1, 0.15) is 16.8 Å². The molecule has 1 aromatic heterocycles.